The molecule has 1 unspecified atom stereocenters. The second kappa shape index (κ2) is 8.15. The Balaban J connectivity index is 1.33. The minimum absolute atomic E-state index is 0.224. The van der Waals surface area contributed by atoms with Crippen LogP contribution in [0.3, 0.4) is 0 Å². The normalized spacial score (nSPS) is 25.7. The van der Waals surface area contributed by atoms with E-state index in [0.29, 0.717) is 11.7 Å². The van der Waals surface area contributed by atoms with E-state index in [1.54, 1.807) is 0 Å². The van der Waals surface area contributed by atoms with Gasteiger partial charge in [0.15, 0.2) is 5.82 Å². The van der Waals surface area contributed by atoms with Crippen molar-refractivity contribution >= 4 is 28.6 Å². The largest absolute Gasteiger partial charge is 0.391 e. The minimum atomic E-state index is -0.224. The molecule has 2 aromatic rings. The minimum Gasteiger partial charge on any atom is -0.391 e. The second-order valence-electron chi connectivity index (χ2n) is 7.76. The number of aromatic amines is 1. The molecule has 1 saturated carbocycles. The van der Waals surface area contributed by atoms with Crippen LogP contribution in [0.1, 0.15) is 44.1 Å². The molecular formula is C19H29N5OS. The molecule has 6 nitrogen and oxygen atoms in total. The zero-order chi connectivity index (χ0) is 17.9. The van der Waals surface area contributed by atoms with Crippen molar-refractivity contribution in [3.05, 3.63) is 18.1 Å². The van der Waals surface area contributed by atoms with Gasteiger partial charge in [0, 0.05) is 48.3 Å². The number of rotatable bonds is 5. The molecule has 1 saturated heterocycles. The van der Waals surface area contributed by atoms with Crippen LogP contribution < -0.4 is 5.73 Å². The fraction of sp³-hybridized carbons (Fsp3) is 0.684. The first kappa shape index (κ1) is 18.1. The zero-order valence-corrected chi connectivity index (χ0v) is 16.0. The van der Waals surface area contributed by atoms with Crippen molar-refractivity contribution < 1.29 is 5.11 Å². The van der Waals surface area contributed by atoms with Crippen LogP contribution in [-0.4, -0.2) is 55.2 Å². The summed E-state index contributed by atoms with van der Waals surface area (Å²) in [6, 6.07) is 0. The Bertz CT molecular complexity index is 728. The summed E-state index contributed by atoms with van der Waals surface area (Å²) in [7, 11) is 0. The molecule has 3 heterocycles. The van der Waals surface area contributed by atoms with Crippen molar-refractivity contribution in [3.8, 4) is 0 Å². The monoisotopic (exact) mass is 375 g/mol. The molecule has 0 amide bonds. The van der Waals surface area contributed by atoms with Crippen LogP contribution in [0.4, 0.5) is 5.82 Å². The average Bonchev–Trinajstić information content (AvgIpc) is 3.08. The van der Waals surface area contributed by atoms with Crippen LogP contribution in [0.5, 0.6) is 0 Å². The molecule has 4 N–H and O–H groups in total. The Morgan fingerprint density at radius 2 is 2.00 bits per heavy atom. The van der Waals surface area contributed by atoms with Gasteiger partial charge in [-0.05, 0) is 12.8 Å². The smallest absolute Gasteiger partial charge is 0.151 e. The molecule has 7 heteroatoms. The highest BCUT2D eigenvalue weighted by Crippen LogP contribution is 2.31. The number of nitrogens with one attached hydrogen (secondary N) is 1. The van der Waals surface area contributed by atoms with Gasteiger partial charge in [-0.3, -0.25) is 4.90 Å². The van der Waals surface area contributed by atoms with Crippen molar-refractivity contribution in [2.75, 3.05) is 24.6 Å². The first-order valence-electron chi connectivity index (χ1n) is 9.79. The molecule has 0 aromatic carbocycles. The maximum Gasteiger partial charge on any atom is 0.151 e. The van der Waals surface area contributed by atoms with Gasteiger partial charge in [0.25, 0.3) is 0 Å². The summed E-state index contributed by atoms with van der Waals surface area (Å²) < 4.78 is 0. The van der Waals surface area contributed by atoms with E-state index in [1.165, 1.54) is 44.9 Å². The average molecular weight is 376 g/mol. The number of fused-ring (bicyclic) bond motifs is 1. The Kier molecular flexibility index (Phi) is 5.66. The fourth-order valence-corrected chi connectivity index (χ4v) is 5.79. The van der Waals surface area contributed by atoms with E-state index in [2.05, 4.69) is 31.6 Å². The van der Waals surface area contributed by atoms with Gasteiger partial charge in [-0.25, -0.2) is 9.97 Å². The first-order valence-corrected chi connectivity index (χ1v) is 10.8. The summed E-state index contributed by atoms with van der Waals surface area (Å²) in [6.45, 7) is 2.48. The highest BCUT2D eigenvalue weighted by Gasteiger charge is 2.32. The predicted molar refractivity (Wildman–Crippen MR) is 107 cm³/mol. The molecule has 1 aliphatic heterocycles. The third-order valence-electron chi connectivity index (χ3n) is 5.80. The van der Waals surface area contributed by atoms with E-state index >= 15 is 0 Å². The van der Waals surface area contributed by atoms with Crippen LogP contribution >= 0.6 is 11.8 Å². The van der Waals surface area contributed by atoms with E-state index in [0.717, 1.165) is 47.2 Å². The molecular weight excluding hydrogens is 346 g/mol. The van der Waals surface area contributed by atoms with Gasteiger partial charge < -0.3 is 15.8 Å². The van der Waals surface area contributed by atoms with Gasteiger partial charge in [0.05, 0.1) is 11.6 Å². The lowest BCUT2D eigenvalue weighted by Gasteiger charge is -2.18. The number of anilines is 1. The van der Waals surface area contributed by atoms with E-state index in [9.17, 15) is 5.11 Å². The molecule has 142 valence electrons. The number of thioether (sulfide) groups is 1. The number of likely N-dealkylation sites (tertiary alicyclic amines) is 1. The van der Waals surface area contributed by atoms with E-state index < -0.39 is 0 Å². The number of β-amino-alcohol motifs (C(OH)–C–C–N with tert-alkyl or cyclic N) is 1. The highest BCUT2D eigenvalue weighted by molar-refractivity contribution is 7.99. The standard InChI is InChI=1S/C19H29N5OS/c20-19-18-17(22-12-23-19)13(7-21-18)8-24-9-14(16(25)10-24)11-26-15-5-3-1-2-4-6-15/h7,12,14-16,21,25H,1-6,8-11H2,(H2,20,22,23)/t14-,16?/m1/s1. The maximum absolute atomic E-state index is 10.5. The number of hydrogen-bond donors (Lipinski definition) is 3. The number of aromatic nitrogens is 3. The molecule has 2 fully saturated rings. The molecule has 2 aliphatic rings. The Labute approximate surface area is 159 Å². The SMILES string of the molecule is Nc1ncnc2c(CN3CC(O)[C@@H](CSC4CCCCCC4)C3)c[nH]c12. The van der Waals surface area contributed by atoms with Crippen LogP contribution in [0.25, 0.3) is 11.0 Å². The van der Waals surface area contributed by atoms with Crippen molar-refractivity contribution in [1.82, 2.24) is 19.9 Å². The molecule has 0 spiro atoms. The van der Waals surface area contributed by atoms with Gasteiger partial charge >= 0.3 is 0 Å². The summed E-state index contributed by atoms with van der Waals surface area (Å²) in [5.41, 5.74) is 8.73. The van der Waals surface area contributed by atoms with Crippen molar-refractivity contribution in [2.24, 2.45) is 5.92 Å². The van der Waals surface area contributed by atoms with E-state index in [4.69, 9.17) is 5.73 Å². The molecule has 1 aliphatic carbocycles. The number of hydrogen-bond acceptors (Lipinski definition) is 6. The van der Waals surface area contributed by atoms with Gasteiger partial charge in [0.1, 0.15) is 11.8 Å². The number of aliphatic hydroxyl groups excluding tert-OH is 1. The van der Waals surface area contributed by atoms with Crippen molar-refractivity contribution in [3.63, 3.8) is 0 Å². The highest BCUT2D eigenvalue weighted by atomic mass is 32.2. The molecule has 2 aromatic heterocycles. The fourth-order valence-electron chi connectivity index (χ4n) is 4.28. The van der Waals surface area contributed by atoms with Gasteiger partial charge in [-0.15, -0.1) is 0 Å². The Hall–Kier alpha value is -1.31. The van der Waals surface area contributed by atoms with Crippen LogP contribution in [-0.2, 0) is 6.54 Å². The summed E-state index contributed by atoms with van der Waals surface area (Å²) in [6.07, 6.45) is 11.5. The molecule has 0 radical (unpaired) electrons. The quantitative estimate of drug-likeness (QED) is 0.696. The van der Waals surface area contributed by atoms with E-state index in [-0.39, 0.29) is 6.10 Å². The Morgan fingerprint density at radius 3 is 2.81 bits per heavy atom. The van der Waals surface area contributed by atoms with Crippen LogP contribution in [0.2, 0.25) is 0 Å². The van der Waals surface area contributed by atoms with Crippen molar-refractivity contribution in [1.29, 1.82) is 0 Å². The van der Waals surface area contributed by atoms with Gasteiger partial charge in [-0.2, -0.15) is 11.8 Å². The van der Waals surface area contributed by atoms with Crippen LogP contribution in [0, 0.1) is 5.92 Å². The first-order chi connectivity index (χ1) is 12.7. The molecule has 0 bridgehead atoms. The van der Waals surface area contributed by atoms with E-state index in [1.807, 2.05) is 6.20 Å². The van der Waals surface area contributed by atoms with Crippen molar-refractivity contribution in [2.45, 2.75) is 56.4 Å². The topological polar surface area (TPSA) is 91.1 Å². The van der Waals surface area contributed by atoms with Gasteiger partial charge in [-0.1, -0.05) is 25.7 Å². The number of H-pyrrole nitrogens is 1. The molecule has 26 heavy (non-hydrogen) atoms. The number of nitrogens with zero attached hydrogens (tertiary/aromatic N) is 3. The molecule has 2 atom stereocenters. The number of nitrogens with two attached hydrogens (primary N) is 1. The third kappa shape index (κ3) is 4.00. The number of aliphatic hydroxyl groups is 1. The summed E-state index contributed by atoms with van der Waals surface area (Å²) in [5, 5.41) is 11.3. The lowest BCUT2D eigenvalue weighted by atomic mass is 10.1. The summed E-state index contributed by atoms with van der Waals surface area (Å²) in [4.78, 5) is 13.9. The lowest BCUT2D eigenvalue weighted by molar-refractivity contribution is 0.149. The van der Waals surface area contributed by atoms with Crippen LogP contribution in [0.15, 0.2) is 12.5 Å². The maximum atomic E-state index is 10.5. The Morgan fingerprint density at radius 1 is 1.19 bits per heavy atom. The predicted octanol–water partition coefficient (Wildman–Crippen LogP) is 2.79. The third-order valence-corrected chi connectivity index (χ3v) is 7.36. The van der Waals surface area contributed by atoms with Gasteiger partial charge in [0.2, 0.25) is 0 Å². The zero-order valence-electron chi connectivity index (χ0n) is 15.2. The lowest BCUT2D eigenvalue weighted by Crippen LogP contribution is -2.21. The summed E-state index contributed by atoms with van der Waals surface area (Å²) >= 11 is 2.10. The second-order valence-corrected chi connectivity index (χ2v) is 9.10. The number of nitrogen functional groups attached to an aromatic ring is 1. The molecule has 4 rings (SSSR count). The summed E-state index contributed by atoms with van der Waals surface area (Å²) in [5.74, 6) is 1.93.